The van der Waals surface area contributed by atoms with Crippen LogP contribution in [0.4, 0.5) is 0 Å². The van der Waals surface area contributed by atoms with Crippen molar-refractivity contribution in [1.29, 1.82) is 0 Å². The maximum Gasteiger partial charge on any atom is 0.0459 e. The highest BCUT2D eigenvalue weighted by Gasteiger charge is 2.23. The van der Waals surface area contributed by atoms with E-state index in [-0.39, 0.29) is 0 Å². The lowest BCUT2D eigenvalue weighted by atomic mass is 9.77. The monoisotopic (exact) mass is 312 g/mol. The van der Waals surface area contributed by atoms with Crippen LogP contribution in [0.2, 0.25) is 0 Å². The Morgan fingerprint density at radius 2 is 0.864 bits per heavy atom. The maximum atomic E-state index is 8.92. The van der Waals surface area contributed by atoms with Gasteiger partial charge in [0.15, 0.2) is 0 Å². The van der Waals surface area contributed by atoms with Gasteiger partial charge in [-0.2, -0.15) is 0 Å². The van der Waals surface area contributed by atoms with Crippen molar-refractivity contribution in [2.45, 2.75) is 79.1 Å². The van der Waals surface area contributed by atoms with Crippen LogP contribution in [0.25, 0.3) is 0 Å². The second-order valence-corrected chi connectivity index (χ2v) is 8.41. The zero-order valence-corrected chi connectivity index (χ0v) is 15.4. The zero-order valence-electron chi connectivity index (χ0n) is 15.4. The van der Waals surface area contributed by atoms with Crippen LogP contribution >= 0.6 is 0 Å². The molecule has 0 aromatic heterocycles. The van der Waals surface area contributed by atoms with Crippen molar-refractivity contribution in [2.75, 3.05) is 13.2 Å². The molecule has 22 heavy (non-hydrogen) atoms. The molecule has 0 amide bonds. The predicted octanol–water partition coefficient (Wildman–Crippen LogP) is 4.88. The van der Waals surface area contributed by atoms with Gasteiger partial charge in [0.2, 0.25) is 0 Å². The molecule has 0 bridgehead atoms. The second-order valence-electron chi connectivity index (χ2n) is 8.41. The summed E-state index contributed by atoms with van der Waals surface area (Å²) in [5, 5.41) is 17.8. The highest BCUT2D eigenvalue weighted by atomic mass is 16.3. The Balaban J connectivity index is 0.000000220. The Labute approximate surface area is 138 Å². The zero-order chi connectivity index (χ0) is 16.5. The molecule has 2 fully saturated rings. The minimum atomic E-state index is 0.408. The largest absolute Gasteiger partial charge is 0.396 e. The summed E-state index contributed by atoms with van der Waals surface area (Å²) in [7, 11) is 0. The first kappa shape index (κ1) is 20.0. The third-order valence-electron chi connectivity index (χ3n) is 6.18. The van der Waals surface area contributed by atoms with Gasteiger partial charge in [0.05, 0.1) is 0 Å². The van der Waals surface area contributed by atoms with E-state index in [0.29, 0.717) is 25.0 Å². The summed E-state index contributed by atoms with van der Waals surface area (Å²) < 4.78 is 0. The molecule has 0 saturated heterocycles. The highest BCUT2D eigenvalue weighted by molar-refractivity contribution is 4.74. The third kappa shape index (κ3) is 7.00. The molecule has 0 radical (unpaired) electrons. The Morgan fingerprint density at radius 1 is 0.591 bits per heavy atom. The van der Waals surface area contributed by atoms with Crippen LogP contribution in [-0.2, 0) is 0 Å². The van der Waals surface area contributed by atoms with Crippen LogP contribution in [0.3, 0.4) is 0 Å². The molecule has 2 rings (SSSR count). The summed E-state index contributed by atoms with van der Waals surface area (Å²) in [6, 6.07) is 0. The summed E-state index contributed by atoms with van der Waals surface area (Å²) in [6.07, 6.45) is 10.3. The summed E-state index contributed by atoms with van der Waals surface area (Å²) in [6.45, 7) is 10.1. The molecule has 0 aliphatic heterocycles. The second kappa shape index (κ2) is 10.6. The highest BCUT2D eigenvalue weighted by Crippen LogP contribution is 2.33. The van der Waals surface area contributed by atoms with Crippen molar-refractivity contribution >= 4 is 0 Å². The lowest BCUT2D eigenvalue weighted by Crippen LogP contribution is -2.20. The molecule has 0 heterocycles. The Morgan fingerprint density at radius 3 is 1.05 bits per heavy atom. The number of aliphatic hydroxyl groups is 2. The van der Waals surface area contributed by atoms with E-state index in [1.165, 1.54) is 51.4 Å². The van der Waals surface area contributed by atoms with Gasteiger partial charge in [0.1, 0.15) is 0 Å². The third-order valence-corrected chi connectivity index (χ3v) is 6.18. The van der Waals surface area contributed by atoms with Crippen LogP contribution in [0.15, 0.2) is 0 Å². The molecule has 2 N–H and O–H groups in total. The lowest BCUT2D eigenvalue weighted by Gasteiger charge is -2.29. The van der Waals surface area contributed by atoms with E-state index in [2.05, 4.69) is 27.7 Å². The van der Waals surface area contributed by atoms with E-state index < -0.39 is 0 Å². The van der Waals surface area contributed by atoms with Crippen molar-refractivity contribution < 1.29 is 10.2 Å². The first-order valence-electron chi connectivity index (χ1n) is 9.69. The molecule has 132 valence electrons. The van der Waals surface area contributed by atoms with Crippen molar-refractivity contribution in [3.8, 4) is 0 Å². The lowest BCUT2D eigenvalue weighted by molar-refractivity contribution is 0.150. The minimum absolute atomic E-state index is 0.408. The molecule has 2 saturated carbocycles. The van der Waals surface area contributed by atoms with Crippen molar-refractivity contribution in [3.05, 3.63) is 0 Å². The number of hydrogen-bond acceptors (Lipinski definition) is 2. The number of aliphatic hydroxyl groups excluding tert-OH is 2. The average Bonchev–Trinajstić information content (AvgIpc) is 2.55. The fourth-order valence-corrected chi connectivity index (χ4v) is 4.07. The first-order chi connectivity index (χ1) is 10.5. The Bertz CT molecular complexity index is 231. The normalized spacial score (nSPS) is 32.7. The Hall–Kier alpha value is -0.0800. The van der Waals surface area contributed by atoms with Gasteiger partial charge in [-0.3, -0.25) is 0 Å². The molecule has 0 aromatic rings. The van der Waals surface area contributed by atoms with Crippen molar-refractivity contribution in [3.63, 3.8) is 0 Å². The van der Waals surface area contributed by atoms with E-state index in [1.807, 2.05) is 0 Å². The summed E-state index contributed by atoms with van der Waals surface area (Å²) >= 11 is 0. The van der Waals surface area contributed by atoms with Gasteiger partial charge in [0.25, 0.3) is 0 Å². The molecule has 0 unspecified atom stereocenters. The fourth-order valence-electron chi connectivity index (χ4n) is 4.07. The molecular weight excluding hydrogens is 272 g/mol. The summed E-state index contributed by atoms with van der Waals surface area (Å²) in [5.41, 5.74) is 0. The van der Waals surface area contributed by atoms with Gasteiger partial charge in [0, 0.05) is 13.2 Å². The average molecular weight is 313 g/mol. The van der Waals surface area contributed by atoms with E-state index in [1.54, 1.807) is 0 Å². The van der Waals surface area contributed by atoms with Crippen LogP contribution in [0.5, 0.6) is 0 Å². The SMILES string of the molecule is CC(C)C1CCC(CO)CC1.CC(C)C1CCC(CO)CC1. The van der Waals surface area contributed by atoms with E-state index in [0.717, 1.165) is 23.7 Å². The van der Waals surface area contributed by atoms with Crippen LogP contribution < -0.4 is 0 Å². The van der Waals surface area contributed by atoms with E-state index in [4.69, 9.17) is 10.2 Å². The van der Waals surface area contributed by atoms with Crippen molar-refractivity contribution in [2.24, 2.45) is 35.5 Å². The molecule has 2 aliphatic rings. The number of hydrogen-bond donors (Lipinski definition) is 2. The van der Waals surface area contributed by atoms with Gasteiger partial charge in [-0.15, -0.1) is 0 Å². The van der Waals surface area contributed by atoms with Gasteiger partial charge >= 0.3 is 0 Å². The fraction of sp³-hybridized carbons (Fsp3) is 1.00. The molecular formula is C20H40O2. The van der Waals surface area contributed by atoms with Crippen LogP contribution in [0.1, 0.15) is 79.1 Å². The quantitative estimate of drug-likeness (QED) is 0.776. The van der Waals surface area contributed by atoms with E-state index >= 15 is 0 Å². The van der Waals surface area contributed by atoms with Gasteiger partial charge in [-0.05, 0) is 86.9 Å². The smallest absolute Gasteiger partial charge is 0.0459 e. The van der Waals surface area contributed by atoms with Crippen LogP contribution in [-0.4, -0.2) is 23.4 Å². The molecule has 0 spiro atoms. The molecule has 0 atom stereocenters. The van der Waals surface area contributed by atoms with Crippen molar-refractivity contribution in [1.82, 2.24) is 0 Å². The standard InChI is InChI=1S/2C10H20O/c2*1-8(2)10-5-3-9(7-11)4-6-10/h2*8-11H,3-7H2,1-2H3. The molecule has 2 nitrogen and oxygen atoms in total. The maximum absolute atomic E-state index is 8.92. The molecule has 2 aliphatic carbocycles. The summed E-state index contributed by atoms with van der Waals surface area (Å²) in [4.78, 5) is 0. The van der Waals surface area contributed by atoms with E-state index in [9.17, 15) is 0 Å². The van der Waals surface area contributed by atoms with Gasteiger partial charge in [-0.1, -0.05) is 27.7 Å². The summed E-state index contributed by atoms with van der Waals surface area (Å²) in [5.74, 6) is 4.77. The van der Waals surface area contributed by atoms with Crippen LogP contribution in [0, 0.1) is 35.5 Å². The first-order valence-corrected chi connectivity index (χ1v) is 9.69. The number of rotatable bonds is 4. The Kier molecular flexibility index (Phi) is 9.66. The topological polar surface area (TPSA) is 40.5 Å². The van der Waals surface area contributed by atoms with Gasteiger partial charge < -0.3 is 10.2 Å². The van der Waals surface area contributed by atoms with Gasteiger partial charge in [-0.25, -0.2) is 0 Å². The molecule has 0 aromatic carbocycles. The molecule has 2 heteroatoms. The predicted molar refractivity (Wildman–Crippen MR) is 94.7 cm³/mol. The minimum Gasteiger partial charge on any atom is -0.396 e.